The number of aromatic nitrogens is 2. The molecule has 0 amide bonds. The molecular weight excluding hydrogens is 216 g/mol. The molecule has 0 aliphatic heterocycles. The highest BCUT2D eigenvalue weighted by Gasteiger charge is 2.12. The highest BCUT2D eigenvalue weighted by atomic mass is 35.5. The Morgan fingerprint density at radius 2 is 2.47 bits per heavy atom. The fraction of sp³-hybridized carbons (Fsp3) is 0.600. The minimum atomic E-state index is -0.0412. The Morgan fingerprint density at radius 1 is 1.73 bits per heavy atom. The first-order valence-electron chi connectivity index (χ1n) is 4.83. The summed E-state index contributed by atoms with van der Waals surface area (Å²) in [6.07, 6.45) is 3.14. The van der Waals surface area contributed by atoms with Crippen LogP contribution in [0.2, 0.25) is 5.02 Å². The topological polar surface area (TPSA) is 44.1 Å². The van der Waals surface area contributed by atoms with E-state index >= 15 is 0 Å². The Morgan fingerprint density at radius 3 is 3.07 bits per heavy atom. The van der Waals surface area contributed by atoms with Gasteiger partial charge in [-0.15, -0.1) is 0 Å². The summed E-state index contributed by atoms with van der Waals surface area (Å²) in [7, 11) is 1.64. The third kappa shape index (κ3) is 3.32. The molecule has 1 heterocycles. The molecule has 15 heavy (non-hydrogen) atoms. The van der Waals surface area contributed by atoms with Crippen molar-refractivity contribution in [3.63, 3.8) is 0 Å². The first-order valence-corrected chi connectivity index (χ1v) is 5.21. The Kier molecular flexibility index (Phi) is 4.78. The van der Waals surface area contributed by atoms with E-state index in [2.05, 4.69) is 5.10 Å². The number of ether oxygens (including phenoxy) is 1. The van der Waals surface area contributed by atoms with Crippen LogP contribution in [0.15, 0.2) is 6.20 Å². The molecule has 1 atom stereocenters. The molecule has 84 valence electrons. The lowest BCUT2D eigenvalue weighted by Gasteiger charge is -2.08. The second-order valence-corrected chi connectivity index (χ2v) is 3.88. The van der Waals surface area contributed by atoms with Crippen molar-refractivity contribution in [1.82, 2.24) is 9.78 Å². The lowest BCUT2D eigenvalue weighted by molar-refractivity contribution is -0.110. The van der Waals surface area contributed by atoms with Crippen LogP contribution in [0.1, 0.15) is 12.6 Å². The molecule has 4 nitrogen and oxygen atoms in total. The van der Waals surface area contributed by atoms with E-state index < -0.39 is 0 Å². The minimum absolute atomic E-state index is 0.0412. The van der Waals surface area contributed by atoms with E-state index in [-0.39, 0.29) is 5.92 Å². The summed E-state index contributed by atoms with van der Waals surface area (Å²) >= 11 is 5.98. The molecule has 0 spiro atoms. The number of rotatable bonds is 6. The van der Waals surface area contributed by atoms with Crippen molar-refractivity contribution in [2.75, 3.05) is 13.7 Å². The van der Waals surface area contributed by atoms with Gasteiger partial charge in [-0.3, -0.25) is 4.68 Å². The molecule has 1 aromatic heterocycles. The minimum Gasteiger partial charge on any atom is -0.383 e. The van der Waals surface area contributed by atoms with Gasteiger partial charge < -0.3 is 9.53 Å². The van der Waals surface area contributed by atoms with Crippen molar-refractivity contribution in [3.05, 3.63) is 16.9 Å². The van der Waals surface area contributed by atoms with E-state index in [4.69, 9.17) is 16.3 Å². The molecule has 5 heteroatoms. The molecule has 0 aromatic carbocycles. The fourth-order valence-electron chi connectivity index (χ4n) is 1.31. The number of hydrogen-bond donors (Lipinski definition) is 0. The summed E-state index contributed by atoms with van der Waals surface area (Å²) in [6.45, 7) is 3.10. The fourth-order valence-corrected chi connectivity index (χ4v) is 1.53. The SMILES string of the molecule is COCCn1ncc(Cl)c1CC(C)C=O. The van der Waals surface area contributed by atoms with E-state index in [0.717, 1.165) is 12.0 Å². The van der Waals surface area contributed by atoms with Gasteiger partial charge in [0.25, 0.3) is 0 Å². The maximum absolute atomic E-state index is 10.6. The first-order chi connectivity index (χ1) is 7.19. The average molecular weight is 231 g/mol. The van der Waals surface area contributed by atoms with Crippen molar-refractivity contribution < 1.29 is 9.53 Å². The van der Waals surface area contributed by atoms with Crippen LogP contribution in [0.5, 0.6) is 0 Å². The number of methoxy groups -OCH3 is 1. The summed E-state index contributed by atoms with van der Waals surface area (Å²) in [6, 6.07) is 0. The second kappa shape index (κ2) is 5.88. The molecule has 1 aromatic rings. The molecule has 1 rings (SSSR count). The number of aldehydes is 1. The second-order valence-electron chi connectivity index (χ2n) is 3.47. The monoisotopic (exact) mass is 230 g/mol. The normalized spacial score (nSPS) is 12.7. The van der Waals surface area contributed by atoms with E-state index in [1.165, 1.54) is 0 Å². The van der Waals surface area contributed by atoms with Crippen molar-refractivity contribution in [3.8, 4) is 0 Å². The number of carbonyl (C=O) groups excluding carboxylic acids is 1. The Bertz CT molecular complexity index is 325. The molecule has 0 radical (unpaired) electrons. The van der Waals surface area contributed by atoms with Gasteiger partial charge >= 0.3 is 0 Å². The van der Waals surface area contributed by atoms with Crippen LogP contribution in [-0.4, -0.2) is 29.8 Å². The lowest BCUT2D eigenvalue weighted by Crippen LogP contribution is -2.12. The van der Waals surface area contributed by atoms with E-state index in [0.29, 0.717) is 24.6 Å². The van der Waals surface area contributed by atoms with Crippen molar-refractivity contribution >= 4 is 17.9 Å². The van der Waals surface area contributed by atoms with Gasteiger partial charge in [-0.2, -0.15) is 5.10 Å². The van der Waals surface area contributed by atoms with Gasteiger partial charge in [-0.25, -0.2) is 0 Å². The highest BCUT2D eigenvalue weighted by Crippen LogP contribution is 2.18. The predicted octanol–water partition coefficient (Wildman–Crippen LogP) is 1.56. The molecular formula is C10H15ClN2O2. The maximum Gasteiger partial charge on any atom is 0.123 e. The van der Waals surface area contributed by atoms with Crippen LogP contribution in [-0.2, 0) is 22.5 Å². The molecule has 0 aliphatic rings. The molecule has 0 fully saturated rings. The van der Waals surface area contributed by atoms with E-state index in [1.807, 2.05) is 6.92 Å². The van der Waals surface area contributed by atoms with Crippen LogP contribution in [0.25, 0.3) is 0 Å². The van der Waals surface area contributed by atoms with Gasteiger partial charge in [-0.1, -0.05) is 18.5 Å². The largest absolute Gasteiger partial charge is 0.383 e. The van der Waals surface area contributed by atoms with Crippen molar-refractivity contribution in [2.45, 2.75) is 19.9 Å². The molecule has 0 saturated heterocycles. The molecule has 0 aliphatic carbocycles. The third-order valence-electron chi connectivity index (χ3n) is 2.15. The lowest BCUT2D eigenvalue weighted by atomic mass is 10.1. The number of nitrogens with zero attached hydrogens (tertiary/aromatic N) is 2. The number of hydrogen-bond acceptors (Lipinski definition) is 3. The first kappa shape index (κ1) is 12.2. The van der Waals surface area contributed by atoms with Gasteiger partial charge in [-0.05, 0) is 0 Å². The average Bonchev–Trinajstić information content (AvgIpc) is 2.57. The zero-order valence-corrected chi connectivity index (χ0v) is 9.70. The Balaban J connectivity index is 2.74. The zero-order valence-electron chi connectivity index (χ0n) is 8.94. The van der Waals surface area contributed by atoms with Gasteiger partial charge in [0.15, 0.2) is 0 Å². The molecule has 0 saturated carbocycles. The number of halogens is 1. The van der Waals surface area contributed by atoms with Gasteiger partial charge in [0.2, 0.25) is 0 Å². The van der Waals surface area contributed by atoms with Crippen LogP contribution >= 0.6 is 11.6 Å². The highest BCUT2D eigenvalue weighted by molar-refractivity contribution is 6.31. The standard InChI is InChI=1S/C10H15ClN2O2/c1-8(7-14)5-10-9(11)6-12-13(10)3-4-15-2/h6-8H,3-5H2,1-2H3. The summed E-state index contributed by atoms with van der Waals surface area (Å²) in [5, 5.41) is 4.74. The Hall–Kier alpha value is -0.870. The zero-order chi connectivity index (χ0) is 11.3. The predicted molar refractivity (Wildman–Crippen MR) is 58.0 cm³/mol. The van der Waals surface area contributed by atoms with Crippen LogP contribution in [0.4, 0.5) is 0 Å². The van der Waals surface area contributed by atoms with E-state index in [1.54, 1.807) is 18.0 Å². The summed E-state index contributed by atoms with van der Waals surface area (Å²) in [5.41, 5.74) is 0.897. The molecule has 1 unspecified atom stereocenters. The van der Waals surface area contributed by atoms with Crippen molar-refractivity contribution in [2.24, 2.45) is 5.92 Å². The summed E-state index contributed by atoms with van der Waals surface area (Å²) in [4.78, 5) is 10.6. The van der Waals surface area contributed by atoms with Crippen LogP contribution < -0.4 is 0 Å². The van der Waals surface area contributed by atoms with E-state index in [9.17, 15) is 4.79 Å². The Labute approximate surface area is 94.2 Å². The maximum atomic E-state index is 10.6. The van der Waals surface area contributed by atoms with Crippen LogP contribution in [0, 0.1) is 5.92 Å². The smallest absolute Gasteiger partial charge is 0.123 e. The van der Waals surface area contributed by atoms with Gasteiger partial charge in [0.1, 0.15) is 6.29 Å². The van der Waals surface area contributed by atoms with Gasteiger partial charge in [0, 0.05) is 19.4 Å². The van der Waals surface area contributed by atoms with Crippen LogP contribution in [0.3, 0.4) is 0 Å². The van der Waals surface area contributed by atoms with Gasteiger partial charge in [0.05, 0.1) is 30.1 Å². The summed E-state index contributed by atoms with van der Waals surface area (Å²) in [5.74, 6) is -0.0412. The van der Waals surface area contributed by atoms with Crippen molar-refractivity contribution in [1.29, 1.82) is 0 Å². The third-order valence-corrected chi connectivity index (χ3v) is 2.47. The number of carbonyl (C=O) groups is 1. The molecule has 0 N–H and O–H groups in total. The molecule has 0 bridgehead atoms. The quantitative estimate of drug-likeness (QED) is 0.697. The summed E-state index contributed by atoms with van der Waals surface area (Å²) < 4.78 is 6.75.